The molecule has 2 aromatic carbocycles. The van der Waals surface area contributed by atoms with E-state index < -0.39 is 29.4 Å². The topological polar surface area (TPSA) is 113 Å². The number of ether oxygens (including phenoxy) is 2. The van der Waals surface area contributed by atoms with E-state index in [0.29, 0.717) is 17.4 Å². The zero-order chi connectivity index (χ0) is 33.2. The molecule has 3 saturated heterocycles. The van der Waals surface area contributed by atoms with Gasteiger partial charge in [0.15, 0.2) is 5.82 Å². The van der Waals surface area contributed by atoms with E-state index in [-0.39, 0.29) is 89.8 Å². The Balaban J connectivity index is 1.33. The molecular formula is C35H37F3N6O4. The largest absolute Gasteiger partial charge is 0.508 e. The molecule has 48 heavy (non-hydrogen) atoms. The summed E-state index contributed by atoms with van der Waals surface area (Å²) in [6.45, 7) is 4.12. The number of phenols is 1. The first-order chi connectivity index (χ1) is 23.1. The lowest BCUT2D eigenvalue weighted by Gasteiger charge is -2.42. The van der Waals surface area contributed by atoms with Gasteiger partial charge in [0.2, 0.25) is 0 Å². The summed E-state index contributed by atoms with van der Waals surface area (Å²) >= 11 is 0. The molecule has 0 saturated carbocycles. The second-order valence-electron chi connectivity index (χ2n) is 13.9. The molecule has 13 heteroatoms. The number of amides is 1. The van der Waals surface area contributed by atoms with E-state index in [4.69, 9.17) is 14.5 Å². The molecule has 1 amide bonds. The van der Waals surface area contributed by atoms with Gasteiger partial charge in [0.05, 0.1) is 29.6 Å². The van der Waals surface area contributed by atoms with Crippen LogP contribution in [0.15, 0.2) is 30.5 Å². The van der Waals surface area contributed by atoms with E-state index in [1.807, 2.05) is 0 Å². The van der Waals surface area contributed by atoms with Crippen molar-refractivity contribution in [1.82, 2.24) is 25.2 Å². The summed E-state index contributed by atoms with van der Waals surface area (Å²) in [7, 11) is 0. The predicted molar refractivity (Wildman–Crippen MR) is 173 cm³/mol. The van der Waals surface area contributed by atoms with Crippen molar-refractivity contribution in [3.05, 3.63) is 47.7 Å². The predicted octanol–water partition coefficient (Wildman–Crippen LogP) is 5.82. The van der Waals surface area contributed by atoms with Gasteiger partial charge >= 0.3 is 12.1 Å². The van der Waals surface area contributed by atoms with Gasteiger partial charge in [-0.15, -0.1) is 0 Å². The van der Waals surface area contributed by atoms with Crippen LogP contribution in [0.4, 0.5) is 23.8 Å². The molecule has 252 valence electrons. The number of aromatic nitrogens is 3. The number of benzene rings is 2. The number of rotatable bonds is 3. The van der Waals surface area contributed by atoms with Gasteiger partial charge in [-0.3, -0.25) is 9.88 Å². The van der Waals surface area contributed by atoms with Crippen LogP contribution < -0.4 is 15.0 Å². The normalized spacial score (nSPS) is 24.1. The number of nitrogens with one attached hydrogen (secondary N) is 1. The van der Waals surface area contributed by atoms with E-state index in [0.717, 1.165) is 38.8 Å². The lowest BCUT2D eigenvalue weighted by Crippen LogP contribution is -2.60. The van der Waals surface area contributed by atoms with Crippen LogP contribution in [0.1, 0.15) is 51.0 Å². The number of pyridine rings is 1. The number of piperidine rings is 1. The number of alkyl carbamates (subject to hydrolysis) is 1. The maximum atomic E-state index is 17.0. The van der Waals surface area contributed by atoms with Crippen molar-refractivity contribution in [1.29, 1.82) is 0 Å². The Labute approximate surface area is 275 Å². The third-order valence-corrected chi connectivity index (χ3v) is 10.5. The molecule has 9 rings (SSSR count). The van der Waals surface area contributed by atoms with Crippen LogP contribution in [0.25, 0.3) is 32.9 Å². The van der Waals surface area contributed by atoms with E-state index >= 15 is 13.2 Å². The van der Waals surface area contributed by atoms with Crippen LogP contribution in [0.2, 0.25) is 0 Å². The average Bonchev–Trinajstić information content (AvgIpc) is 3.62. The van der Waals surface area contributed by atoms with Crippen LogP contribution in [-0.4, -0.2) is 87.7 Å². The van der Waals surface area contributed by atoms with Crippen molar-refractivity contribution in [2.45, 2.75) is 69.1 Å². The molecule has 3 fully saturated rings. The van der Waals surface area contributed by atoms with E-state index in [2.05, 4.69) is 20.2 Å². The molecule has 0 aliphatic carbocycles. The first kappa shape index (κ1) is 30.9. The summed E-state index contributed by atoms with van der Waals surface area (Å²) in [5.41, 5.74) is -0.953. The van der Waals surface area contributed by atoms with Crippen molar-refractivity contribution in [3.63, 3.8) is 0 Å². The number of aromatic hydroxyl groups is 1. The van der Waals surface area contributed by atoms with Crippen molar-refractivity contribution in [2.75, 3.05) is 44.3 Å². The van der Waals surface area contributed by atoms with Gasteiger partial charge in [0.1, 0.15) is 41.4 Å². The summed E-state index contributed by atoms with van der Waals surface area (Å²) in [6.07, 6.45) is 3.91. The summed E-state index contributed by atoms with van der Waals surface area (Å²) in [5, 5.41) is 14.6. The summed E-state index contributed by atoms with van der Waals surface area (Å²) in [5.74, 6) is -1.25. The molecule has 1 unspecified atom stereocenters. The third-order valence-electron chi connectivity index (χ3n) is 10.5. The Morgan fingerprint density at radius 2 is 1.96 bits per heavy atom. The minimum absolute atomic E-state index is 0.0286. The highest BCUT2D eigenvalue weighted by molar-refractivity contribution is 6.01. The number of carbonyl (C=O) groups excluding carboxylic acids is 1. The molecule has 2 aromatic heterocycles. The van der Waals surface area contributed by atoms with Gasteiger partial charge in [0, 0.05) is 24.7 Å². The first-order valence-electron chi connectivity index (χ1n) is 16.6. The zero-order valence-electron chi connectivity index (χ0n) is 26.7. The number of hydrogen-bond donors (Lipinski definition) is 2. The Morgan fingerprint density at radius 1 is 1.15 bits per heavy atom. The van der Waals surface area contributed by atoms with Gasteiger partial charge in [-0.05, 0) is 93.1 Å². The molecule has 5 aliphatic heterocycles. The maximum Gasteiger partial charge on any atom is 0.407 e. The second-order valence-corrected chi connectivity index (χ2v) is 13.9. The standard InChI is InChI=1S/C35H37F3N6O4/c1-34-15-21(36)17-43(18-34)31-25-16-39-29(28(38)30(25)40-32(41-31)48-19-35-8-3-10-44(35)11-4-9-35)24-14-22(45)13-20-6-7-26(37)23(27(20)24)5-2-12-47-33(46)42-34/h6-7,13-14,16,21,45H,2-5,8-12,15,17-19H2,1H3,(H,42,46)/t21?,34-/m0/s1. The Kier molecular flexibility index (Phi) is 7.50. The fourth-order valence-electron chi connectivity index (χ4n) is 8.40. The number of phenolic OH excluding ortho intramolecular Hbond substituents is 1. The third kappa shape index (κ3) is 5.32. The van der Waals surface area contributed by atoms with Crippen LogP contribution in [0.3, 0.4) is 0 Å². The van der Waals surface area contributed by atoms with Crippen molar-refractivity contribution >= 4 is 33.6 Å². The number of hydrogen-bond acceptors (Lipinski definition) is 9. The number of halogens is 3. The van der Waals surface area contributed by atoms with E-state index in [1.165, 1.54) is 30.5 Å². The van der Waals surface area contributed by atoms with Crippen molar-refractivity contribution < 1.29 is 32.5 Å². The Bertz CT molecular complexity index is 1930. The van der Waals surface area contributed by atoms with Gasteiger partial charge in [-0.1, -0.05) is 6.07 Å². The van der Waals surface area contributed by atoms with Gasteiger partial charge in [-0.25, -0.2) is 18.0 Å². The molecular weight excluding hydrogens is 625 g/mol. The van der Waals surface area contributed by atoms with Crippen LogP contribution in [0, 0.1) is 11.6 Å². The molecule has 6 bridgehead atoms. The van der Waals surface area contributed by atoms with Gasteiger partial charge in [0.25, 0.3) is 0 Å². The summed E-state index contributed by atoms with van der Waals surface area (Å²) in [4.78, 5) is 30.8. The first-order valence-corrected chi connectivity index (χ1v) is 16.6. The number of aryl methyl sites for hydroxylation is 1. The molecule has 0 radical (unpaired) electrons. The molecule has 7 heterocycles. The number of carbonyl (C=O) groups is 1. The zero-order valence-corrected chi connectivity index (χ0v) is 26.7. The molecule has 10 nitrogen and oxygen atoms in total. The van der Waals surface area contributed by atoms with Crippen LogP contribution in [0.5, 0.6) is 11.8 Å². The van der Waals surface area contributed by atoms with Gasteiger partial charge < -0.3 is 24.8 Å². The molecule has 2 N–H and O–H groups in total. The quantitative estimate of drug-likeness (QED) is 0.281. The lowest BCUT2D eigenvalue weighted by molar-refractivity contribution is 0.107. The highest BCUT2D eigenvalue weighted by Crippen LogP contribution is 2.42. The number of alkyl halides is 1. The fourth-order valence-corrected chi connectivity index (χ4v) is 8.40. The second kappa shape index (κ2) is 11.6. The minimum Gasteiger partial charge on any atom is -0.508 e. The monoisotopic (exact) mass is 662 g/mol. The van der Waals surface area contributed by atoms with E-state index in [1.54, 1.807) is 11.8 Å². The highest BCUT2D eigenvalue weighted by atomic mass is 19.1. The maximum absolute atomic E-state index is 17.0. The fraction of sp³-hybridized carbons (Fsp3) is 0.486. The lowest BCUT2D eigenvalue weighted by atomic mass is 9.90. The van der Waals surface area contributed by atoms with Gasteiger partial charge in [-0.2, -0.15) is 9.97 Å². The highest BCUT2D eigenvalue weighted by Gasteiger charge is 2.45. The van der Waals surface area contributed by atoms with Crippen molar-refractivity contribution in [2.24, 2.45) is 0 Å². The average molecular weight is 663 g/mol. The molecule has 0 spiro atoms. The van der Waals surface area contributed by atoms with Crippen LogP contribution in [-0.2, 0) is 11.2 Å². The summed E-state index contributed by atoms with van der Waals surface area (Å²) in [6, 6.07) is 5.60. The van der Waals surface area contributed by atoms with Crippen LogP contribution >= 0.6 is 0 Å². The smallest absolute Gasteiger partial charge is 0.407 e. The molecule has 2 atom stereocenters. The Hall–Kier alpha value is -4.39. The van der Waals surface area contributed by atoms with Crippen molar-refractivity contribution in [3.8, 4) is 23.0 Å². The van der Waals surface area contributed by atoms with E-state index in [9.17, 15) is 9.90 Å². The number of nitrogens with zero attached hydrogens (tertiary/aromatic N) is 5. The number of anilines is 1. The Morgan fingerprint density at radius 3 is 2.77 bits per heavy atom. The molecule has 4 aromatic rings. The SMILES string of the molecule is C[C@]12CC(F)CN(C1)c1nc(OCC34CCCN3CCC4)nc3c(F)c(ncc13)-c1cc(O)cc3ccc(F)c(c13)CCCOC(=O)N2. The minimum atomic E-state index is -1.35. The summed E-state index contributed by atoms with van der Waals surface area (Å²) < 4.78 is 59.6. The number of fused-ring (bicyclic) bond motifs is 7. The molecule has 5 aliphatic rings.